The van der Waals surface area contributed by atoms with Crippen LogP contribution in [-0.2, 0) is 33.4 Å². The second-order valence-electron chi connectivity index (χ2n) is 11.8. The number of aromatic nitrogens is 2. The Morgan fingerprint density at radius 3 is 2.24 bits per heavy atom. The molecule has 1 aromatic heterocycles. The molecule has 0 amide bonds. The van der Waals surface area contributed by atoms with Crippen LogP contribution in [0, 0.1) is 0 Å². The number of nitrogens with zero attached hydrogens (tertiary/aromatic N) is 2. The van der Waals surface area contributed by atoms with Crippen LogP contribution in [0.3, 0.4) is 0 Å². The van der Waals surface area contributed by atoms with E-state index in [9.17, 15) is 22.8 Å². The summed E-state index contributed by atoms with van der Waals surface area (Å²) in [5.41, 5.74) is 3.03. The summed E-state index contributed by atoms with van der Waals surface area (Å²) in [7, 11) is 2.65. The molecule has 5 aromatic rings. The SMILES string of the molecule is COC(=O)c1ccc(Cn2cc(-c3ccc(Cl)cc3Cl)nc2/C=C/c2ccc(-c3ccc(CC(=O)OC(C)C)c(OC)c3)cc2)c(C(F)(F)F)c1. The Labute approximate surface area is 303 Å². The lowest BCUT2D eigenvalue weighted by atomic mass is 10.0. The minimum atomic E-state index is -4.73. The Balaban J connectivity index is 1.46. The van der Waals surface area contributed by atoms with Gasteiger partial charge in [-0.1, -0.05) is 71.7 Å². The highest BCUT2D eigenvalue weighted by Crippen LogP contribution is 2.35. The number of ether oxygens (including phenoxy) is 3. The van der Waals surface area contributed by atoms with E-state index in [1.165, 1.54) is 12.1 Å². The molecule has 51 heavy (non-hydrogen) atoms. The number of imidazole rings is 1. The van der Waals surface area contributed by atoms with Gasteiger partial charge in [0.1, 0.15) is 11.6 Å². The van der Waals surface area contributed by atoms with E-state index in [0.29, 0.717) is 38.4 Å². The Hall–Kier alpha value is -5.06. The van der Waals surface area contributed by atoms with Crippen molar-refractivity contribution < 1.29 is 37.0 Å². The maximum Gasteiger partial charge on any atom is 0.416 e. The van der Waals surface area contributed by atoms with Crippen LogP contribution in [0.2, 0.25) is 10.0 Å². The number of alkyl halides is 3. The summed E-state index contributed by atoms with van der Waals surface area (Å²) in [4.78, 5) is 28.9. The van der Waals surface area contributed by atoms with Crippen LogP contribution in [0.5, 0.6) is 5.75 Å². The number of halogens is 5. The zero-order valence-electron chi connectivity index (χ0n) is 28.1. The first kappa shape index (κ1) is 37.2. The first-order valence-electron chi connectivity index (χ1n) is 15.7. The predicted octanol–water partition coefficient (Wildman–Crippen LogP) is 10.1. The van der Waals surface area contributed by atoms with Crippen molar-refractivity contribution in [2.45, 2.75) is 39.1 Å². The number of carbonyl (C=O) groups is 2. The van der Waals surface area contributed by atoms with Gasteiger partial charge in [0.05, 0.1) is 48.6 Å². The lowest BCUT2D eigenvalue weighted by molar-refractivity contribution is -0.146. The largest absolute Gasteiger partial charge is 0.496 e. The minimum absolute atomic E-state index is 0.0708. The van der Waals surface area contributed by atoms with Crippen molar-refractivity contribution in [1.29, 1.82) is 0 Å². The molecule has 0 unspecified atom stereocenters. The zero-order valence-corrected chi connectivity index (χ0v) is 29.6. The van der Waals surface area contributed by atoms with Crippen molar-refractivity contribution in [3.8, 4) is 28.1 Å². The average Bonchev–Trinajstić information content (AvgIpc) is 3.48. The van der Waals surface area contributed by atoms with Gasteiger partial charge >= 0.3 is 18.1 Å². The fourth-order valence-corrected chi connectivity index (χ4v) is 5.92. The topological polar surface area (TPSA) is 79.7 Å². The molecule has 4 aromatic carbocycles. The molecule has 0 aliphatic rings. The molecule has 1 heterocycles. The third kappa shape index (κ3) is 9.19. The molecule has 0 aliphatic carbocycles. The number of carbonyl (C=O) groups excluding carboxylic acids is 2. The molecule has 0 spiro atoms. The van der Waals surface area contributed by atoms with Crippen molar-refractivity contribution in [2.24, 2.45) is 0 Å². The number of rotatable bonds is 11. The first-order chi connectivity index (χ1) is 24.2. The van der Waals surface area contributed by atoms with Crippen molar-refractivity contribution in [1.82, 2.24) is 9.55 Å². The van der Waals surface area contributed by atoms with Crippen LogP contribution >= 0.6 is 23.2 Å². The normalized spacial score (nSPS) is 11.6. The van der Waals surface area contributed by atoms with Gasteiger partial charge in [0.2, 0.25) is 0 Å². The van der Waals surface area contributed by atoms with E-state index in [2.05, 4.69) is 4.74 Å². The van der Waals surface area contributed by atoms with Gasteiger partial charge in [-0.3, -0.25) is 4.79 Å². The number of esters is 2. The van der Waals surface area contributed by atoms with Gasteiger partial charge in [-0.2, -0.15) is 13.2 Å². The summed E-state index contributed by atoms with van der Waals surface area (Å²) < 4.78 is 59.6. The quantitative estimate of drug-likeness (QED) is 0.126. The summed E-state index contributed by atoms with van der Waals surface area (Å²) in [6.07, 6.45) is 0.254. The molecule has 0 aliphatic heterocycles. The van der Waals surface area contributed by atoms with Crippen LogP contribution in [0.15, 0.2) is 85.1 Å². The van der Waals surface area contributed by atoms with E-state index in [1.807, 2.05) is 42.5 Å². The maximum absolute atomic E-state index is 14.2. The van der Waals surface area contributed by atoms with Crippen molar-refractivity contribution in [3.63, 3.8) is 0 Å². The fraction of sp³-hybridized carbons (Fsp3) is 0.205. The van der Waals surface area contributed by atoms with E-state index in [-0.39, 0.29) is 36.2 Å². The fourth-order valence-electron chi connectivity index (χ4n) is 5.41. The van der Waals surface area contributed by atoms with Crippen molar-refractivity contribution >= 4 is 47.3 Å². The van der Waals surface area contributed by atoms with Gasteiger partial charge in [-0.05, 0) is 78.6 Å². The third-order valence-corrected chi connectivity index (χ3v) is 8.40. The molecular formula is C39H33Cl2F3N2O5. The summed E-state index contributed by atoms with van der Waals surface area (Å²) in [5, 5.41) is 0.754. The monoisotopic (exact) mass is 736 g/mol. The Bertz CT molecular complexity index is 2090. The van der Waals surface area contributed by atoms with Gasteiger partial charge in [-0.25, -0.2) is 9.78 Å². The number of hydrogen-bond acceptors (Lipinski definition) is 6. The second-order valence-corrected chi connectivity index (χ2v) is 12.6. The smallest absolute Gasteiger partial charge is 0.416 e. The van der Waals surface area contributed by atoms with E-state index in [4.69, 9.17) is 37.7 Å². The number of methoxy groups -OCH3 is 2. The zero-order chi connectivity index (χ0) is 36.9. The first-order valence-corrected chi connectivity index (χ1v) is 16.5. The molecule has 0 N–H and O–H groups in total. The average molecular weight is 738 g/mol. The van der Waals surface area contributed by atoms with Gasteiger partial charge in [0.25, 0.3) is 0 Å². The Morgan fingerprint density at radius 2 is 1.59 bits per heavy atom. The van der Waals surface area contributed by atoms with Crippen LogP contribution in [0.25, 0.3) is 34.5 Å². The Kier molecular flexibility index (Phi) is 11.6. The summed E-state index contributed by atoms with van der Waals surface area (Å²) in [6, 6.07) is 21.5. The van der Waals surface area contributed by atoms with Gasteiger partial charge in [0, 0.05) is 28.9 Å². The Morgan fingerprint density at radius 1 is 0.882 bits per heavy atom. The lowest BCUT2D eigenvalue weighted by Gasteiger charge is -2.15. The third-order valence-electron chi connectivity index (χ3n) is 7.85. The summed E-state index contributed by atoms with van der Waals surface area (Å²) in [5.74, 6) is -0.284. The highest BCUT2D eigenvalue weighted by molar-refractivity contribution is 6.36. The van der Waals surface area contributed by atoms with Gasteiger partial charge in [0.15, 0.2) is 0 Å². The summed E-state index contributed by atoms with van der Waals surface area (Å²) >= 11 is 12.6. The molecular weight excluding hydrogens is 704 g/mol. The maximum atomic E-state index is 14.2. The number of benzene rings is 4. The predicted molar refractivity (Wildman–Crippen MR) is 192 cm³/mol. The lowest BCUT2D eigenvalue weighted by Crippen LogP contribution is -2.14. The summed E-state index contributed by atoms with van der Waals surface area (Å²) in [6.45, 7) is 3.38. The molecule has 0 saturated heterocycles. The second kappa shape index (κ2) is 15.9. The van der Waals surface area contributed by atoms with E-state index in [1.54, 1.807) is 62.1 Å². The van der Waals surface area contributed by atoms with Gasteiger partial charge in [-0.15, -0.1) is 0 Å². The van der Waals surface area contributed by atoms with Crippen LogP contribution in [-0.4, -0.2) is 41.8 Å². The van der Waals surface area contributed by atoms with E-state index in [0.717, 1.165) is 29.9 Å². The van der Waals surface area contributed by atoms with Crippen LogP contribution in [0.1, 0.15) is 52.3 Å². The molecule has 0 bridgehead atoms. The number of hydrogen-bond donors (Lipinski definition) is 0. The molecule has 0 atom stereocenters. The minimum Gasteiger partial charge on any atom is -0.496 e. The molecule has 0 fully saturated rings. The molecule has 12 heteroatoms. The standard InChI is InChI=1S/C39H33Cl2F3N2O5/c1-23(2)51-37(47)19-27-11-10-26(18-35(27)49-3)25-8-5-24(6-9-25)7-16-36-45-34(31-15-14-30(40)20-33(31)41)22-46(36)21-29-13-12-28(38(48)50-4)17-32(29)39(42,43)44/h5-18,20,22-23H,19,21H2,1-4H3/b16-7+. The molecule has 0 radical (unpaired) electrons. The molecule has 264 valence electrons. The molecule has 7 nitrogen and oxygen atoms in total. The van der Waals surface area contributed by atoms with Gasteiger partial charge < -0.3 is 18.8 Å². The van der Waals surface area contributed by atoms with Crippen molar-refractivity contribution in [2.75, 3.05) is 14.2 Å². The molecule has 5 rings (SSSR count). The van der Waals surface area contributed by atoms with Crippen LogP contribution < -0.4 is 4.74 Å². The highest BCUT2D eigenvalue weighted by Gasteiger charge is 2.34. The molecule has 0 saturated carbocycles. The van der Waals surface area contributed by atoms with E-state index >= 15 is 0 Å². The van der Waals surface area contributed by atoms with Crippen molar-refractivity contribution in [3.05, 3.63) is 129 Å². The van der Waals surface area contributed by atoms with E-state index < -0.39 is 17.7 Å². The van der Waals surface area contributed by atoms with Crippen LogP contribution in [0.4, 0.5) is 13.2 Å². The highest BCUT2D eigenvalue weighted by atomic mass is 35.5.